The standard InChI is InChI=1S/C13H10N2O2S/c14-9-11-4-3-5-12(8-11)10-18(16,17)13-6-1-2-7-15-13/h1-8H,10H2. The zero-order valence-electron chi connectivity index (χ0n) is 9.45. The fourth-order valence-electron chi connectivity index (χ4n) is 1.56. The van der Waals surface area contributed by atoms with Gasteiger partial charge in [0.1, 0.15) is 0 Å². The van der Waals surface area contributed by atoms with Gasteiger partial charge in [-0.05, 0) is 29.8 Å². The fraction of sp³-hybridized carbons (Fsp3) is 0.0769. The number of sulfone groups is 1. The van der Waals surface area contributed by atoms with Gasteiger partial charge in [0.2, 0.25) is 0 Å². The molecule has 0 atom stereocenters. The SMILES string of the molecule is N#Cc1cccc(CS(=O)(=O)c2ccccn2)c1. The molecule has 5 heteroatoms. The molecular weight excluding hydrogens is 248 g/mol. The minimum absolute atomic E-state index is 0.0485. The summed E-state index contributed by atoms with van der Waals surface area (Å²) in [4.78, 5) is 3.84. The Labute approximate surface area is 105 Å². The zero-order valence-corrected chi connectivity index (χ0v) is 10.3. The van der Waals surface area contributed by atoms with E-state index in [-0.39, 0.29) is 10.8 Å². The average Bonchev–Trinajstić information content (AvgIpc) is 2.39. The van der Waals surface area contributed by atoms with Crippen LogP contribution >= 0.6 is 0 Å². The minimum atomic E-state index is -3.46. The lowest BCUT2D eigenvalue weighted by Gasteiger charge is -2.03. The second kappa shape index (κ2) is 4.98. The summed E-state index contributed by atoms with van der Waals surface area (Å²) in [5.74, 6) is -0.153. The first-order chi connectivity index (χ1) is 8.62. The molecule has 1 aromatic heterocycles. The highest BCUT2D eigenvalue weighted by Gasteiger charge is 2.16. The Kier molecular flexibility index (Phi) is 3.40. The number of pyridine rings is 1. The Morgan fingerprint density at radius 3 is 2.67 bits per heavy atom. The number of aromatic nitrogens is 1. The lowest BCUT2D eigenvalue weighted by molar-refractivity contribution is 0.591. The molecule has 0 aliphatic carbocycles. The lowest BCUT2D eigenvalue weighted by atomic mass is 10.2. The molecule has 1 aromatic carbocycles. The monoisotopic (exact) mass is 258 g/mol. The minimum Gasteiger partial charge on any atom is -0.245 e. The summed E-state index contributed by atoms with van der Waals surface area (Å²) >= 11 is 0. The van der Waals surface area contributed by atoms with Crippen molar-refractivity contribution < 1.29 is 8.42 Å². The van der Waals surface area contributed by atoms with E-state index < -0.39 is 9.84 Å². The maximum Gasteiger partial charge on any atom is 0.199 e. The molecule has 18 heavy (non-hydrogen) atoms. The molecule has 0 spiro atoms. The van der Waals surface area contributed by atoms with Gasteiger partial charge in [0.15, 0.2) is 14.9 Å². The van der Waals surface area contributed by atoms with Crippen LogP contribution in [0.4, 0.5) is 0 Å². The van der Waals surface area contributed by atoms with Gasteiger partial charge in [0, 0.05) is 6.20 Å². The Morgan fingerprint density at radius 2 is 2.00 bits per heavy atom. The summed E-state index contributed by atoms with van der Waals surface area (Å²) < 4.78 is 24.1. The second-order valence-corrected chi connectivity index (χ2v) is 5.68. The van der Waals surface area contributed by atoms with Crippen molar-refractivity contribution in [3.05, 3.63) is 59.8 Å². The van der Waals surface area contributed by atoms with Gasteiger partial charge in [-0.3, -0.25) is 0 Å². The molecule has 90 valence electrons. The van der Waals surface area contributed by atoms with Gasteiger partial charge in [-0.2, -0.15) is 5.26 Å². The molecule has 2 aromatic rings. The van der Waals surface area contributed by atoms with Crippen LogP contribution in [-0.4, -0.2) is 13.4 Å². The second-order valence-electron chi connectivity index (χ2n) is 3.74. The lowest BCUT2D eigenvalue weighted by Crippen LogP contribution is -2.06. The summed E-state index contributed by atoms with van der Waals surface area (Å²) in [5.41, 5.74) is 1.03. The molecule has 0 bridgehead atoms. The van der Waals surface area contributed by atoms with Crippen molar-refractivity contribution in [1.29, 1.82) is 5.26 Å². The smallest absolute Gasteiger partial charge is 0.199 e. The number of hydrogen-bond acceptors (Lipinski definition) is 4. The number of nitriles is 1. The Bertz CT molecular complexity index is 688. The van der Waals surface area contributed by atoms with Gasteiger partial charge in [0.05, 0.1) is 17.4 Å². The quantitative estimate of drug-likeness (QED) is 0.843. The molecule has 0 saturated heterocycles. The number of benzene rings is 1. The van der Waals surface area contributed by atoms with E-state index in [2.05, 4.69) is 4.98 Å². The number of rotatable bonds is 3. The van der Waals surface area contributed by atoms with E-state index in [1.807, 2.05) is 6.07 Å². The van der Waals surface area contributed by atoms with Crippen LogP contribution in [0.5, 0.6) is 0 Å². The Hall–Kier alpha value is -2.19. The molecule has 0 aliphatic heterocycles. The third-order valence-corrected chi connectivity index (χ3v) is 3.96. The van der Waals surface area contributed by atoms with Gasteiger partial charge in [-0.1, -0.05) is 18.2 Å². The van der Waals surface area contributed by atoms with Crippen LogP contribution in [0.2, 0.25) is 0 Å². The van der Waals surface area contributed by atoms with Crippen LogP contribution in [0.15, 0.2) is 53.7 Å². The van der Waals surface area contributed by atoms with Crippen LogP contribution in [0.1, 0.15) is 11.1 Å². The van der Waals surface area contributed by atoms with Gasteiger partial charge >= 0.3 is 0 Å². The van der Waals surface area contributed by atoms with Crippen molar-refractivity contribution in [2.45, 2.75) is 10.8 Å². The first-order valence-electron chi connectivity index (χ1n) is 5.25. The van der Waals surface area contributed by atoms with Crippen molar-refractivity contribution >= 4 is 9.84 Å². The van der Waals surface area contributed by atoms with Gasteiger partial charge < -0.3 is 0 Å². The van der Waals surface area contributed by atoms with E-state index in [9.17, 15) is 8.42 Å². The van der Waals surface area contributed by atoms with Crippen molar-refractivity contribution in [3.63, 3.8) is 0 Å². The predicted octanol–water partition coefficient (Wildman–Crippen LogP) is 1.93. The van der Waals surface area contributed by atoms with Crippen molar-refractivity contribution in [2.24, 2.45) is 0 Å². The normalized spacial score (nSPS) is 10.8. The van der Waals surface area contributed by atoms with Crippen LogP contribution in [0.3, 0.4) is 0 Å². The van der Waals surface area contributed by atoms with Gasteiger partial charge in [-0.25, -0.2) is 13.4 Å². The Morgan fingerprint density at radius 1 is 1.17 bits per heavy atom. The molecule has 0 N–H and O–H groups in total. The molecule has 4 nitrogen and oxygen atoms in total. The summed E-state index contributed by atoms with van der Waals surface area (Å²) in [6.07, 6.45) is 1.44. The largest absolute Gasteiger partial charge is 0.245 e. The van der Waals surface area contributed by atoms with Crippen LogP contribution in [-0.2, 0) is 15.6 Å². The highest BCUT2D eigenvalue weighted by molar-refractivity contribution is 7.90. The maximum absolute atomic E-state index is 12.1. The van der Waals surface area contributed by atoms with Crippen LogP contribution in [0, 0.1) is 11.3 Å². The fourth-order valence-corrected chi connectivity index (χ4v) is 2.83. The first-order valence-corrected chi connectivity index (χ1v) is 6.90. The summed E-state index contributed by atoms with van der Waals surface area (Å²) in [5, 5.41) is 8.81. The third kappa shape index (κ3) is 2.73. The maximum atomic E-state index is 12.1. The summed E-state index contributed by atoms with van der Waals surface area (Å²) in [6.45, 7) is 0. The molecule has 1 heterocycles. The van der Waals surface area contributed by atoms with E-state index in [1.165, 1.54) is 12.3 Å². The van der Waals surface area contributed by atoms with Crippen LogP contribution in [0.25, 0.3) is 0 Å². The van der Waals surface area contributed by atoms with Gasteiger partial charge in [0.25, 0.3) is 0 Å². The molecule has 0 fully saturated rings. The molecule has 0 radical (unpaired) electrons. The van der Waals surface area contributed by atoms with E-state index in [0.29, 0.717) is 11.1 Å². The molecular formula is C13H10N2O2S. The molecule has 0 amide bonds. The van der Waals surface area contributed by atoms with E-state index in [0.717, 1.165) is 0 Å². The van der Waals surface area contributed by atoms with Crippen LogP contribution < -0.4 is 0 Å². The predicted molar refractivity (Wildman–Crippen MR) is 66.3 cm³/mol. The molecule has 2 rings (SSSR count). The third-order valence-electron chi connectivity index (χ3n) is 2.37. The van der Waals surface area contributed by atoms with E-state index >= 15 is 0 Å². The van der Waals surface area contributed by atoms with E-state index in [1.54, 1.807) is 36.4 Å². The summed E-state index contributed by atoms with van der Waals surface area (Å²) in [7, 11) is -3.46. The van der Waals surface area contributed by atoms with Crippen molar-refractivity contribution in [1.82, 2.24) is 4.98 Å². The molecule has 0 unspecified atom stereocenters. The van der Waals surface area contributed by atoms with Crippen molar-refractivity contribution in [2.75, 3.05) is 0 Å². The Balaban J connectivity index is 2.32. The summed E-state index contributed by atoms with van der Waals surface area (Å²) in [6, 6.07) is 13.3. The van der Waals surface area contributed by atoms with Gasteiger partial charge in [-0.15, -0.1) is 0 Å². The first kappa shape index (κ1) is 12.3. The van der Waals surface area contributed by atoms with E-state index in [4.69, 9.17) is 5.26 Å². The zero-order chi connectivity index (χ0) is 13.0. The topological polar surface area (TPSA) is 70.8 Å². The number of hydrogen-bond donors (Lipinski definition) is 0. The van der Waals surface area contributed by atoms with Crippen molar-refractivity contribution in [3.8, 4) is 6.07 Å². The molecule has 0 aliphatic rings. The highest BCUT2D eigenvalue weighted by Crippen LogP contribution is 2.14. The molecule has 0 saturated carbocycles. The highest BCUT2D eigenvalue weighted by atomic mass is 32.2. The average molecular weight is 258 g/mol. The number of nitrogens with zero attached hydrogens (tertiary/aromatic N) is 2.